The molecule has 2 fully saturated rings. The van der Waals surface area contributed by atoms with Gasteiger partial charge < -0.3 is 19.3 Å². The van der Waals surface area contributed by atoms with Crippen molar-refractivity contribution in [2.45, 2.75) is 32.2 Å². The predicted molar refractivity (Wildman–Crippen MR) is 156 cm³/mol. The lowest BCUT2D eigenvalue weighted by Crippen LogP contribution is -2.50. The van der Waals surface area contributed by atoms with Crippen LogP contribution in [0, 0.1) is 11.3 Å². The molecule has 208 valence electrons. The summed E-state index contributed by atoms with van der Waals surface area (Å²) in [5.41, 5.74) is 5.20. The van der Waals surface area contributed by atoms with E-state index in [9.17, 15) is 4.79 Å². The molecule has 0 N–H and O–H groups in total. The fraction of sp³-hybridized carbons (Fsp3) is 0.394. The molecular weight excluding hydrogens is 500 g/mol. The molecule has 0 aliphatic carbocycles. The summed E-state index contributed by atoms with van der Waals surface area (Å²) >= 11 is 0. The van der Waals surface area contributed by atoms with Gasteiger partial charge in [-0.05, 0) is 53.8 Å². The maximum absolute atomic E-state index is 12.7. The first-order valence-electron chi connectivity index (χ1n) is 14.3. The Kier molecular flexibility index (Phi) is 9.81. The van der Waals surface area contributed by atoms with E-state index in [4.69, 9.17) is 14.7 Å². The van der Waals surface area contributed by atoms with Gasteiger partial charge in [-0.15, -0.1) is 0 Å². The van der Waals surface area contributed by atoms with E-state index in [0.717, 1.165) is 43.9 Å². The lowest BCUT2D eigenvalue weighted by Gasteiger charge is -2.36. The monoisotopic (exact) mass is 538 g/mol. The van der Waals surface area contributed by atoms with Gasteiger partial charge in [0.15, 0.2) is 0 Å². The van der Waals surface area contributed by atoms with E-state index in [1.54, 1.807) is 0 Å². The molecule has 0 aromatic heterocycles. The molecule has 40 heavy (non-hydrogen) atoms. The number of hydrogen-bond acceptors (Lipinski definition) is 6. The SMILES string of the molecule is N#Cc1ccc(CO[C@H](CN2CCN(C(=O)COCc3ccccc3)CC2)c2cccc(N3CCCC3)c2)cc1. The van der Waals surface area contributed by atoms with Gasteiger partial charge in [0.2, 0.25) is 5.91 Å². The van der Waals surface area contributed by atoms with Gasteiger partial charge in [0.05, 0.1) is 31.0 Å². The van der Waals surface area contributed by atoms with Crippen LogP contribution in [0.25, 0.3) is 0 Å². The minimum absolute atomic E-state index is 0.0440. The largest absolute Gasteiger partial charge is 0.372 e. The number of piperazine rings is 1. The molecule has 7 heteroatoms. The van der Waals surface area contributed by atoms with E-state index in [2.05, 4.69) is 40.1 Å². The summed E-state index contributed by atoms with van der Waals surface area (Å²) < 4.78 is 12.2. The number of carbonyl (C=O) groups excluding carboxylic acids is 1. The lowest BCUT2D eigenvalue weighted by molar-refractivity contribution is -0.138. The molecule has 2 saturated heterocycles. The van der Waals surface area contributed by atoms with Crippen LogP contribution in [0.3, 0.4) is 0 Å². The van der Waals surface area contributed by atoms with Crippen molar-refractivity contribution >= 4 is 11.6 Å². The van der Waals surface area contributed by atoms with Crippen molar-refractivity contribution in [1.29, 1.82) is 5.26 Å². The Bertz CT molecular complexity index is 1260. The fourth-order valence-corrected chi connectivity index (χ4v) is 5.36. The van der Waals surface area contributed by atoms with Crippen molar-refractivity contribution in [1.82, 2.24) is 9.80 Å². The second-order valence-corrected chi connectivity index (χ2v) is 10.6. The summed E-state index contributed by atoms with van der Waals surface area (Å²) in [6.45, 7) is 6.95. The molecule has 0 unspecified atom stereocenters. The molecule has 1 amide bonds. The highest BCUT2D eigenvalue weighted by Gasteiger charge is 2.25. The third kappa shape index (κ3) is 7.70. The number of nitriles is 1. The number of ether oxygens (including phenoxy) is 2. The normalized spacial score (nSPS) is 16.6. The van der Waals surface area contributed by atoms with Crippen LogP contribution in [-0.4, -0.2) is 68.1 Å². The molecule has 2 aliphatic rings. The third-order valence-electron chi connectivity index (χ3n) is 7.73. The summed E-state index contributed by atoms with van der Waals surface area (Å²) in [5, 5.41) is 9.11. The van der Waals surface area contributed by atoms with Gasteiger partial charge in [0, 0.05) is 51.5 Å². The van der Waals surface area contributed by atoms with Crippen molar-refractivity contribution in [3.63, 3.8) is 0 Å². The first-order valence-corrected chi connectivity index (χ1v) is 14.3. The predicted octanol–water partition coefficient (Wildman–Crippen LogP) is 4.78. The molecule has 5 rings (SSSR count). The van der Waals surface area contributed by atoms with Gasteiger partial charge in [0.25, 0.3) is 0 Å². The Hall–Kier alpha value is -3.70. The lowest BCUT2D eigenvalue weighted by atomic mass is 10.1. The smallest absolute Gasteiger partial charge is 0.248 e. The first kappa shape index (κ1) is 27.9. The molecule has 3 aromatic carbocycles. The van der Waals surface area contributed by atoms with Crippen molar-refractivity contribution in [3.8, 4) is 6.07 Å². The number of carbonyl (C=O) groups is 1. The van der Waals surface area contributed by atoms with E-state index in [-0.39, 0.29) is 18.6 Å². The molecule has 7 nitrogen and oxygen atoms in total. The summed E-state index contributed by atoms with van der Waals surface area (Å²) in [5.74, 6) is 0.0440. The minimum Gasteiger partial charge on any atom is -0.372 e. The molecule has 1 atom stereocenters. The van der Waals surface area contributed by atoms with Crippen molar-refractivity contribution in [3.05, 3.63) is 101 Å². The highest BCUT2D eigenvalue weighted by molar-refractivity contribution is 5.77. The van der Waals surface area contributed by atoms with Crippen LogP contribution in [0.15, 0.2) is 78.9 Å². The number of rotatable bonds is 11. The Labute approximate surface area is 237 Å². The molecule has 2 aliphatic heterocycles. The van der Waals surface area contributed by atoms with Crippen LogP contribution in [0.4, 0.5) is 5.69 Å². The summed E-state index contributed by atoms with van der Waals surface area (Å²) in [7, 11) is 0. The molecule has 0 spiro atoms. The average molecular weight is 539 g/mol. The summed E-state index contributed by atoms with van der Waals surface area (Å²) in [6.07, 6.45) is 2.38. The molecular formula is C33H38N4O3. The number of hydrogen-bond donors (Lipinski definition) is 0. The zero-order chi connectivity index (χ0) is 27.6. The van der Waals surface area contributed by atoms with Crippen molar-refractivity contribution in [2.75, 3.05) is 57.3 Å². The first-order chi connectivity index (χ1) is 19.7. The maximum Gasteiger partial charge on any atom is 0.248 e. The molecule has 2 heterocycles. The van der Waals surface area contributed by atoms with Gasteiger partial charge in [-0.3, -0.25) is 9.69 Å². The highest BCUT2D eigenvalue weighted by atomic mass is 16.5. The van der Waals surface area contributed by atoms with E-state index >= 15 is 0 Å². The quantitative estimate of drug-likeness (QED) is 0.350. The van der Waals surface area contributed by atoms with Crippen LogP contribution in [0.2, 0.25) is 0 Å². The zero-order valence-corrected chi connectivity index (χ0v) is 23.1. The third-order valence-corrected chi connectivity index (χ3v) is 7.73. The second-order valence-electron chi connectivity index (χ2n) is 10.6. The fourth-order valence-electron chi connectivity index (χ4n) is 5.36. The highest BCUT2D eigenvalue weighted by Crippen LogP contribution is 2.27. The summed E-state index contributed by atoms with van der Waals surface area (Å²) in [6, 6.07) is 28.5. The van der Waals surface area contributed by atoms with Gasteiger partial charge in [-0.2, -0.15) is 5.26 Å². The van der Waals surface area contributed by atoms with Crippen molar-refractivity contribution < 1.29 is 14.3 Å². The minimum atomic E-state index is -0.102. The van der Waals surface area contributed by atoms with Gasteiger partial charge in [0.1, 0.15) is 6.61 Å². The molecule has 0 bridgehead atoms. The van der Waals surface area contributed by atoms with Crippen LogP contribution in [-0.2, 0) is 27.5 Å². The molecule has 3 aromatic rings. The van der Waals surface area contributed by atoms with E-state index < -0.39 is 0 Å². The number of anilines is 1. The number of nitrogens with zero attached hydrogens (tertiary/aromatic N) is 4. The van der Waals surface area contributed by atoms with E-state index in [1.165, 1.54) is 24.1 Å². The Balaban J connectivity index is 1.18. The number of benzene rings is 3. The Morgan fingerprint density at radius 2 is 1.55 bits per heavy atom. The zero-order valence-electron chi connectivity index (χ0n) is 23.1. The topological polar surface area (TPSA) is 69.0 Å². The van der Waals surface area contributed by atoms with Crippen LogP contribution >= 0.6 is 0 Å². The van der Waals surface area contributed by atoms with Crippen molar-refractivity contribution in [2.24, 2.45) is 0 Å². The Morgan fingerprint density at radius 1 is 0.825 bits per heavy atom. The van der Waals surface area contributed by atoms with Gasteiger partial charge >= 0.3 is 0 Å². The summed E-state index contributed by atoms with van der Waals surface area (Å²) in [4.78, 5) is 19.5. The maximum atomic E-state index is 12.7. The van der Waals surface area contributed by atoms with E-state index in [0.29, 0.717) is 31.9 Å². The Morgan fingerprint density at radius 3 is 2.27 bits per heavy atom. The van der Waals surface area contributed by atoms with Gasteiger partial charge in [-0.1, -0.05) is 54.6 Å². The van der Waals surface area contributed by atoms with Crippen LogP contribution in [0.5, 0.6) is 0 Å². The number of amides is 1. The molecule has 0 saturated carbocycles. The molecule has 0 radical (unpaired) electrons. The second kappa shape index (κ2) is 14.1. The van der Waals surface area contributed by atoms with E-state index in [1.807, 2.05) is 59.5 Å². The average Bonchev–Trinajstić information content (AvgIpc) is 3.56. The van der Waals surface area contributed by atoms with Gasteiger partial charge in [-0.25, -0.2) is 0 Å². The standard InChI is InChI=1S/C33H38N4O3/c34-22-27-11-13-29(14-12-27)25-40-32(30-9-6-10-31(21-30)36-15-4-5-16-36)23-35-17-19-37(20-18-35)33(38)26-39-24-28-7-2-1-3-8-28/h1-3,6-14,21,32H,4-5,15-20,23-26H2/t32-/m1/s1. The van der Waals surface area contributed by atoms with Crippen LogP contribution < -0.4 is 4.90 Å². The van der Waals surface area contributed by atoms with Crippen LogP contribution in [0.1, 0.15) is 41.2 Å².